The fraction of sp³-hybridized carbons (Fsp3) is 0.500. The molecule has 0 fully saturated rings. The third-order valence-electron chi connectivity index (χ3n) is 2.42. The zero-order chi connectivity index (χ0) is 12.9. The summed E-state index contributed by atoms with van der Waals surface area (Å²) in [6.45, 7) is 3.16. The van der Waals surface area contributed by atoms with E-state index in [4.69, 9.17) is 11.6 Å². The van der Waals surface area contributed by atoms with Crippen LogP contribution in [-0.2, 0) is 12.7 Å². The van der Waals surface area contributed by atoms with Gasteiger partial charge in [-0.2, -0.15) is 13.2 Å². The highest BCUT2D eigenvalue weighted by Crippen LogP contribution is 2.28. The van der Waals surface area contributed by atoms with E-state index in [0.29, 0.717) is 13.1 Å². The first kappa shape index (κ1) is 14.3. The van der Waals surface area contributed by atoms with Crippen molar-refractivity contribution in [2.45, 2.75) is 31.4 Å². The van der Waals surface area contributed by atoms with Crippen molar-refractivity contribution >= 4 is 11.6 Å². The van der Waals surface area contributed by atoms with Gasteiger partial charge in [-0.15, -0.1) is 11.6 Å². The molecule has 0 saturated carbocycles. The maximum atomic E-state index is 12.3. The largest absolute Gasteiger partial charge is 0.416 e. The Hall–Kier alpha value is -0.740. The highest BCUT2D eigenvalue weighted by atomic mass is 35.5. The topological polar surface area (TPSA) is 12.0 Å². The molecule has 1 unspecified atom stereocenters. The first-order valence-corrected chi connectivity index (χ1v) is 5.88. The zero-order valence-corrected chi connectivity index (χ0v) is 10.3. The molecule has 1 nitrogen and oxygen atoms in total. The maximum absolute atomic E-state index is 12.3. The van der Waals surface area contributed by atoms with Gasteiger partial charge in [0.05, 0.1) is 5.56 Å². The van der Waals surface area contributed by atoms with Gasteiger partial charge in [0.25, 0.3) is 0 Å². The Labute approximate surface area is 104 Å². The predicted octanol–water partition coefficient (Wildman–Crippen LogP) is 3.81. The lowest BCUT2D eigenvalue weighted by molar-refractivity contribution is -0.137. The van der Waals surface area contributed by atoms with Crippen LogP contribution in [0.25, 0.3) is 0 Å². The summed E-state index contributed by atoms with van der Waals surface area (Å²) < 4.78 is 36.9. The van der Waals surface area contributed by atoms with Crippen molar-refractivity contribution in [1.29, 1.82) is 0 Å². The quantitative estimate of drug-likeness (QED) is 0.799. The van der Waals surface area contributed by atoms with Crippen LogP contribution in [0.15, 0.2) is 24.3 Å². The minimum Gasteiger partial charge on any atom is -0.311 e. The van der Waals surface area contributed by atoms with E-state index in [1.165, 1.54) is 12.1 Å². The van der Waals surface area contributed by atoms with Gasteiger partial charge in [0.2, 0.25) is 0 Å². The Morgan fingerprint density at radius 3 is 2.29 bits per heavy atom. The second-order valence-electron chi connectivity index (χ2n) is 3.83. The lowest BCUT2D eigenvalue weighted by Crippen LogP contribution is -2.22. The number of alkyl halides is 4. The molecule has 0 radical (unpaired) electrons. The van der Waals surface area contributed by atoms with E-state index in [2.05, 4.69) is 5.32 Å². The molecule has 0 saturated heterocycles. The molecule has 1 atom stereocenters. The molecule has 0 amide bonds. The number of benzene rings is 1. The maximum Gasteiger partial charge on any atom is 0.416 e. The number of halogens is 4. The molecule has 1 aromatic rings. The number of rotatable bonds is 5. The molecule has 0 aromatic heterocycles. The van der Waals surface area contributed by atoms with E-state index in [9.17, 15) is 13.2 Å². The first-order chi connectivity index (χ1) is 7.93. The van der Waals surface area contributed by atoms with Crippen LogP contribution in [0, 0.1) is 0 Å². The van der Waals surface area contributed by atoms with Crippen LogP contribution in [0.3, 0.4) is 0 Å². The van der Waals surface area contributed by atoms with Gasteiger partial charge in [0.15, 0.2) is 0 Å². The van der Waals surface area contributed by atoms with Crippen molar-refractivity contribution in [3.8, 4) is 0 Å². The van der Waals surface area contributed by atoms with Gasteiger partial charge in [-0.25, -0.2) is 0 Å². The molecule has 0 aliphatic heterocycles. The highest BCUT2D eigenvalue weighted by Gasteiger charge is 2.29. The van der Waals surface area contributed by atoms with E-state index in [1.54, 1.807) is 0 Å². The number of nitrogens with one attached hydrogen (secondary N) is 1. The van der Waals surface area contributed by atoms with Crippen LogP contribution in [0.4, 0.5) is 13.2 Å². The van der Waals surface area contributed by atoms with E-state index >= 15 is 0 Å². The Kier molecular flexibility index (Phi) is 5.28. The molecule has 96 valence electrons. The van der Waals surface area contributed by atoms with Gasteiger partial charge in [0, 0.05) is 18.5 Å². The van der Waals surface area contributed by atoms with E-state index < -0.39 is 11.7 Å². The fourth-order valence-corrected chi connectivity index (χ4v) is 1.44. The Morgan fingerprint density at radius 1 is 1.24 bits per heavy atom. The van der Waals surface area contributed by atoms with Crippen LogP contribution in [0.5, 0.6) is 0 Å². The molecule has 0 heterocycles. The van der Waals surface area contributed by atoms with Gasteiger partial charge < -0.3 is 5.32 Å². The monoisotopic (exact) mass is 265 g/mol. The smallest absolute Gasteiger partial charge is 0.311 e. The van der Waals surface area contributed by atoms with Gasteiger partial charge in [-0.3, -0.25) is 0 Å². The lowest BCUT2D eigenvalue weighted by Gasteiger charge is -2.10. The average Bonchev–Trinajstić information content (AvgIpc) is 2.28. The highest BCUT2D eigenvalue weighted by molar-refractivity contribution is 6.20. The molecule has 17 heavy (non-hydrogen) atoms. The summed E-state index contributed by atoms with van der Waals surface area (Å²) in [5, 5.41) is 3.16. The van der Waals surface area contributed by atoms with Crippen LogP contribution in [0.2, 0.25) is 0 Å². The summed E-state index contributed by atoms with van der Waals surface area (Å²) in [4.78, 5) is 0. The van der Waals surface area contributed by atoms with Crippen LogP contribution >= 0.6 is 11.6 Å². The second kappa shape index (κ2) is 6.26. The number of hydrogen-bond donors (Lipinski definition) is 1. The fourth-order valence-electron chi connectivity index (χ4n) is 1.33. The second-order valence-corrected chi connectivity index (χ2v) is 4.45. The minimum atomic E-state index is -4.27. The van der Waals surface area contributed by atoms with Gasteiger partial charge in [-0.05, 0) is 24.1 Å². The van der Waals surface area contributed by atoms with Crippen LogP contribution in [-0.4, -0.2) is 11.9 Å². The zero-order valence-electron chi connectivity index (χ0n) is 9.52. The van der Waals surface area contributed by atoms with Crippen molar-refractivity contribution < 1.29 is 13.2 Å². The molecule has 1 N–H and O–H groups in total. The standard InChI is InChI=1S/C12H15ClF3N/c1-2-11(13)8-17-7-9-3-5-10(6-4-9)12(14,15)16/h3-6,11,17H,2,7-8H2,1H3. The summed E-state index contributed by atoms with van der Waals surface area (Å²) in [6.07, 6.45) is -3.41. The summed E-state index contributed by atoms with van der Waals surface area (Å²) in [6, 6.07) is 5.14. The molecule has 0 aliphatic rings. The third-order valence-corrected chi connectivity index (χ3v) is 2.88. The normalized spacial score (nSPS) is 13.7. The Bertz CT molecular complexity index is 335. The van der Waals surface area contributed by atoms with Crippen LogP contribution < -0.4 is 5.32 Å². The molecule has 0 bridgehead atoms. The molecule has 1 aromatic carbocycles. The van der Waals surface area contributed by atoms with Crippen LogP contribution in [0.1, 0.15) is 24.5 Å². The molecule has 0 aliphatic carbocycles. The average molecular weight is 266 g/mol. The van der Waals surface area contributed by atoms with E-state index in [1.807, 2.05) is 6.92 Å². The summed E-state index contributed by atoms with van der Waals surface area (Å²) in [7, 11) is 0. The molecule has 1 rings (SSSR count). The van der Waals surface area contributed by atoms with Crippen molar-refractivity contribution in [1.82, 2.24) is 5.32 Å². The summed E-state index contributed by atoms with van der Waals surface area (Å²) in [5.74, 6) is 0. The van der Waals surface area contributed by atoms with Gasteiger partial charge in [-0.1, -0.05) is 19.1 Å². The first-order valence-electron chi connectivity index (χ1n) is 5.44. The van der Waals surface area contributed by atoms with Crippen molar-refractivity contribution in [2.75, 3.05) is 6.54 Å². The lowest BCUT2D eigenvalue weighted by atomic mass is 10.1. The molecule has 5 heteroatoms. The minimum absolute atomic E-state index is 0.0597. The summed E-state index contributed by atoms with van der Waals surface area (Å²) in [5.41, 5.74) is 0.197. The Balaban J connectivity index is 2.46. The van der Waals surface area contributed by atoms with E-state index in [0.717, 1.165) is 24.1 Å². The van der Waals surface area contributed by atoms with Crippen molar-refractivity contribution in [3.63, 3.8) is 0 Å². The third kappa shape index (κ3) is 4.96. The van der Waals surface area contributed by atoms with Gasteiger partial charge >= 0.3 is 6.18 Å². The van der Waals surface area contributed by atoms with Gasteiger partial charge in [0.1, 0.15) is 0 Å². The number of hydrogen-bond acceptors (Lipinski definition) is 1. The molecule has 0 spiro atoms. The van der Waals surface area contributed by atoms with Crippen molar-refractivity contribution in [3.05, 3.63) is 35.4 Å². The Morgan fingerprint density at radius 2 is 1.82 bits per heavy atom. The molecular formula is C12H15ClF3N. The SMILES string of the molecule is CCC(Cl)CNCc1ccc(C(F)(F)F)cc1. The molecular weight excluding hydrogens is 251 g/mol. The predicted molar refractivity (Wildman–Crippen MR) is 63.1 cm³/mol. The van der Waals surface area contributed by atoms with Crippen molar-refractivity contribution in [2.24, 2.45) is 0 Å². The van der Waals surface area contributed by atoms with E-state index in [-0.39, 0.29) is 5.38 Å². The summed E-state index contributed by atoms with van der Waals surface area (Å²) >= 11 is 5.91.